The Kier molecular flexibility index (Phi) is 2.77. The summed E-state index contributed by atoms with van der Waals surface area (Å²) in [4.78, 5) is 4.29. The van der Waals surface area contributed by atoms with E-state index in [1.807, 2.05) is 18.5 Å². The van der Waals surface area contributed by atoms with Crippen LogP contribution in [0.2, 0.25) is 0 Å². The number of rotatable bonds is 0. The SMILES string of the molecule is c1ccc2cc3cc4c(ccc5oc6cc7ccncc7cc6c54)cc3cc2c1. The fraction of sp³-hybridized carbons (Fsp3) is 0. The van der Waals surface area contributed by atoms with Crippen molar-refractivity contribution in [2.45, 2.75) is 0 Å². The lowest BCUT2D eigenvalue weighted by Crippen LogP contribution is -1.80. The van der Waals surface area contributed by atoms with E-state index >= 15 is 0 Å². The Labute approximate surface area is 166 Å². The number of pyridine rings is 1. The van der Waals surface area contributed by atoms with Crippen molar-refractivity contribution in [3.8, 4) is 0 Å². The predicted molar refractivity (Wildman–Crippen MR) is 122 cm³/mol. The molecule has 7 rings (SSSR count). The monoisotopic (exact) mass is 369 g/mol. The topological polar surface area (TPSA) is 26.0 Å². The zero-order valence-corrected chi connectivity index (χ0v) is 15.5. The Morgan fingerprint density at radius 1 is 0.517 bits per heavy atom. The third-order valence-corrected chi connectivity index (χ3v) is 6.03. The molecular weight excluding hydrogens is 354 g/mol. The minimum Gasteiger partial charge on any atom is -0.456 e. The molecule has 0 bridgehead atoms. The first-order valence-electron chi connectivity index (χ1n) is 9.79. The molecular formula is C27H15NO. The van der Waals surface area contributed by atoms with Crippen molar-refractivity contribution in [2.75, 3.05) is 0 Å². The van der Waals surface area contributed by atoms with E-state index in [1.54, 1.807) is 0 Å². The summed E-state index contributed by atoms with van der Waals surface area (Å²) in [5.74, 6) is 0. The molecule has 2 heterocycles. The van der Waals surface area contributed by atoms with E-state index in [0.29, 0.717) is 0 Å². The number of fused-ring (bicyclic) bond motifs is 8. The molecule has 0 aliphatic carbocycles. The van der Waals surface area contributed by atoms with Crippen molar-refractivity contribution in [3.05, 3.63) is 91.3 Å². The van der Waals surface area contributed by atoms with Crippen molar-refractivity contribution < 1.29 is 4.42 Å². The molecule has 0 unspecified atom stereocenters. The molecule has 2 heteroatoms. The molecule has 0 atom stereocenters. The largest absolute Gasteiger partial charge is 0.456 e. The summed E-state index contributed by atoms with van der Waals surface area (Å²) in [5, 5.41) is 12.1. The second-order valence-electron chi connectivity index (χ2n) is 7.73. The maximum atomic E-state index is 6.23. The molecule has 0 aliphatic heterocycles. The normalized spacial score (nSPS) is 12.1. The van der Waals surface area contributed by atoms with Crippen LogP contribution in [0.3, 0.4) is 0 Å². The van der Waals surface area contributed by atoms with Crippen molar-refractivity contribution in [2.24, 2.45) is 0 Å². The van der Waals surface area contributed by atoms with Crippen molar-refractivity contribution in [3.63, 3.8) is 0 Å². The van der Waals surface area contributed by atoms with E-state index < -0.39 is 0 Å². The van der Waals surface area contributed by atoms with Crippen molar-refractivity contribution >= 4 is 65.0 Å². The average molecular weight is 369 g/mol. The molecule has 0 amide bonds. The third kappa shape index (κ3) is 2.08. The minimum atomic E-state index is 0.921. The molecule has 29 heavy (non-hydrogen) atoms. The first kappa shape index (κ1) is 15.1. The van der Waals surface area contributed by atoms with Crippen LogP contribution in [0.5, 0.6) is 0 Å². The summed E-state index contributed by atoms with van der Waals surface area (Å²) in [6.07, 6.45) is 3.74. The third-order valence-electron chi connectivity index (χ3n) is 6.03. The van der Waals surface area contributed by atoms with Gasteiger partial charge in [0.2, 0.25) is 0 Å². The van der Waals surface area contributed by atoms with Gasteiger partial charge in [-0.1, -0.05) is 30.3 Å². The molecule has 0 N–H and O–H groups in total. The highest BCUT2D eigenvalue weighted by molar-refractivity contribution is 6.22. The van der Waals surface area contributed by atoms with Gasteiger partial charge in [-0.05, 0) is 86.2 Å². The van der Waals surface area contributed by atoms with E-state index in [9.17, 15) is 0 Å². The van der Waals surface area contributed by atoms with Gasteiger partial charge in [-0.3, -0.25) is 4.98 Å². The lowest BCUT2D eigenvalue weighted by molar-refractivity contribution is 0.670. The number of aromatic nitrogens is 1. The molecule has 0 fully saturated rings. The fourth-order valence-corrected chi connectivity index (χ4v) is 4.62. The van der Waals surface area contributed by atoms with Gasteiger partial charge in [0.05, 0.1) is 0 Å². The van der Waals surface area contributed by atoms with Crippen LogP contribution in [0.25, 0.3) is 65.0 Å². The van der Waals surface area contributed by atoms with E-state index in [4.69, 9.17) is 4.42 Å². The van der Waals surface area contributed by atoms with Crippen LogP contribution in [-0.2, 0) is 0 Å². The summed E-state index contributed by atoms with van der Waals surface area (Å²) < 4.78 is 6.23. The van der Waals surface area contributed by atoms with Crippen LogP contribution in [-0.4, -0.2) is 4.98 Å². The summed E-state index contributed by atoms with van der Waals surface area (Å²) in [5.41, 5.74) is 1.85. The number of hydrogen-bond donors (Lipinski definition) is 0. The van der Waals surface area contributed by atoms with Gasteiger partial charge in [-0.2, -0.15) is 0 Å². The Morgan fingerprint density at radius 3 is 2.10 bits per heavy atom. The van der Waals surface area contributed by atoms with Crippen LogP contribution >= 0.6 is 0 Å². The highest BCUT2D eigenvalue weighted by atomic mass is 16.3. The first-order valence-corrected chi connectivity index (χ1v) is 9.79. The molecule has 2 nitrogen and oxygen atoms in total. The molecule has 134 valence electrons. The second kappa shape index (κ2) is 5.33. The summed E-state index contributed by atoms with van der Waals surface area (Å²) in [7, 11) is 0. The molecule has 7 aromatic rings. The van der Waals surface area contributed by atoms with E-state index in [2.05, 4.69) is 77.8 Å². The van der Waals surface area contributed by atoms with Crippen molar-refractivity contribution in [1.29, 1.82) is 0 Å². The lowest BCUT2D eigenvalue weighted by Gasteiger charge is -2.06. The molecule has 0 aliphatic rings. The second-order valence-corrected chi connectivity index (χ2v) is 7.73. The van der Waals surface area contributed by atoms with Crippen LogP contribution in [0.15, 0.2) is 95.7 Å². The highest BCUT2D eigenvalue weighted by Gasteiger charge is 2.12. The van der Waals surface area contributed by atoms with Gasteiger partial charge in [0.25, 0.3) is 0 Å². The standard InChI is InChI=1S/C27H15NO/c1-2-4-17-10-21-12-23-19(11-20(21)9-16(17)3-1)5-6-25-27(23)24-13-22-15-28-8-7-18(22)14-26(24)29-25/h1-15H. The molecule has 0 saturated heterocycles. The van der Waals surface area contributed by atoms with E-state index in [-0.39, 0.29) is 0 Å². The van der Waals surface area contributed by atoms with Crippen LogP contribution in [0.4, 0.5) is 0 Å². The van der Waals surface area contributed by atoms with Gasteiger partial charge >= 0.3 is 0 Å². The molecule has 0 radical (unpaired) electrons. The molecule has 0 spiro atoms. The van der Waals surface area contributed by atoms with Crippen LogP contribution in [0, 0.1) is 0 Å². The smallest absolute Gasteiger partial charge is 0.136 e. The van der Waals surface area contributed by atoms with E-state index in [0.717, 1.165) is 27.3 Å². The van der Waals surface area contributed by atoms with Gasteiger partial charge in [0.15, 0.2) is 0 Å². The highest BCUT2D eigenvalue weighted by Crippen LogP contribution is 2.38. The van der Waals surface area contributed by atoms with Gasteiger partial charge < -0.3 is 4.42 Å². The predicted octanol–water partition coefficient (Wildman–Crippen LogP) is 7.59. The zero-order chi connectivity index (χ0) is 18.9. The maximum Gasteiger partial charge on any atom is 0.136 e. The zero-order valence-electron chi connectivity index (χ0n) is 15.5. The van der Waals surface area contributed by atoms with Gasteiger partial charge in [-0.15, -0.1) is 0 Å². The van der Waals surface area contributed by atoms with Crippen molar-refractivity contribution in [1.82, 2.24) is 4.98 Å². The Hall–Kier alpha value is -3.91. The Balaban J connectivity index is 1.66. The first-order chi connectivity index (χ1) is 14.3. The number of furan rings is 1. The summed E-state index contributed by atoms with van der Waals surface area (Å²) in [6.45, 7) is 0. The Morgan fingerprint density at radius 2 is 1.24 bits per heavy atom. The van der Waals surface area contributed by atoms with Gasteiger partial charge in [-0.25, -0.2) is 0 Å². The Bertz CT molecular complexity index is 1760. The molecule has 5 aromatic carbocycles. The molecule has 0 saturated carbocycles. The summed E-state index contributed by atoms with van der Waals surface area (Å²) in [6, 6.07) is 28.3. The lowest BCUT2D eigenvalue weighted by atomic mass is 9.97. The average Bonchev–Trinajstić information content (AvgIpc) is 3.12. The number of benzene rings is 5. The fourth-order valence-electron chi connectivity index (χ4n) is 4.62. The van der Waals surface area contributed by atoms with Crippen LogP contribution in [0.1, 0.15) is 0 Å². The minimum absolute atomic E-state index is 0.921. The summed E-state index contributed by atoms with van der Waals surface area (Å²) >= 11 is 0. The molecule has 2 aromatic heterocycles. The van der Waals surface area contributed by atoms with Gasteiger partial charge in [0, 0.05) is 28.6 Å². The number of nitrogens with zero attached hydrogens (tertiary/aromatic N) is 1. The van der Waals surface area contributed by atoms with E-state index in [1.165, 1.54) is 37.7 Å². The quantitative estimate of drug-likeness (QED) is 0.257. The number of hydrogen-bond acceptors (Lipinski definition) is 2. The van der Waals surface area contributed by atoms with Crippen LogP contribution < -0.4 is 0 Å². The maximum absolute atomic E-state index is 6.23. The van der Waals surface area contributed by atoms with Gasteiger partial charge in [0.1, 0.15) is 11.2 Å².